The van der Waals surface area contributed by atoms with E-state index in [2.05, 4.69) is 5.32 Å². The maximum absolute atomic E-state index is 12.1. The Balaban J connectivity index is 2.16. The van der Waals surface area contributed by atoms with E-state index in [1.807, 2.05) is 6.07 Å². The SMILES string of the molecule is NC(C(=O)Nc1ccc(Cl)c(C(=O)O)c1)c1ccccc1. The number of anilines is 1. The van der Waals surface area contributed by atoms with E-state index in [1.165, 1.54) is 18.2 Å². The van der Waals surface area contributed by atoms with Gasteiger partial charge in [0, 0.05) is 5.69 Å². The van der Waals surface area contributed by atoms with Gasteiger partial charge in [-0.25, -0.2) is 4.79 Å². The van der Waals surface area contributed by atoms with E-state index in [0.29, 0.717) is 11.3 Å². The molecule has 0 bridgehead atoms. The Hall–Kier alpha value is -2.37. The van der Waals surface area contributed by atoms with E-state index >= 15 is 0 Å². The van der Waals surface area contributed by atoms with Gasteiger partial charge in [0.1, 0.15) is 6.04 Å². The van der Waals surface area contributed by atoms with Gasteiger partial charge in [0.05, 0.1) is 10.6 Å². The number of carbonyl (C=O) groups is 2. The Bertz CT molecular complexity index is 674. The van der Waals surface area contributed by atoms with Crippen molar-refractivity contribution in [1.29, 1.82) is 0 Å². The molecule has 2 aromatic rings. The summed E-state index contributed by atoms with van der Waals surface area (Å²) in [5.74, 6) is -1.59. The van der Waals surface area contributed by atoms with Crippen LogP contribution in [-0.4, -0.2) is 17.0 Å². The molecular formula is C15H13ClN2O3. The summed E-state index contributed by atoms with van der Waals surface area (Å²) in [4.78, 5) is 23.1. The highest BCUT2D eigenvalue weighted by Gasteiger charge is 2.17. The first-order valence-corrected chi connectivity index (χ1v) is 6.51. The van der Waals surface area contributed by atoms with Gasteiger partial charge in [0.25, 0.3) is 0 Å². The van der Waals surface area contributed by atoms with Crippen molar-refractivity contribution >= 4 is 29.2 Å². The number of amides is 1. The molecule has 6 heteroatoms. The number of carbonyl (C=O) groups excluding carboxylic acids is 1. The second-order valence-electron chi connectivity index (χ2n) is 4.38. The number of nitrogens with one attached hydrogen (secondary N) is 1. The normalized spacial score (nSPS) is 11.7. The number of carboxylic acids is 1. The van der Waals surface area contributed by atoms with Crippen molar-refractivity contribution in [2.45, 2.75) is 6.04 Å². The Morgan fingerprint density at radius 2 is 1.81 bits per heavy atom. The van der Waals surface area contributed by atoms with Crippen molar-refractivity contribution in [1.82, 2.24) is 0 Å². The number of aromatic carboxylic acids is 1. The van der Waals surface area contributed by atoms with Crippen LogP contribution in [0.1, 0.15) is 22.0 Å². The zero-order valence-corrected chi connectivity index (χ0v) is 11.7. The zero-order valence-electron chi connectivity index (χ0n) is 10.9. The summed E-state index contributed by atoms with van der Waals surface area (Å²) in [5, 5.41) is 11.7. The van der Waals surface area contributed by atoms with Crippen LogP contribution in [0.3, 0.4) is 0 Å². The van der Waals surface area contributed by atoms with Crippen LogP contribution in [0.15, 0.2) is 48.5 Å². The van der Waals surface area contributed by atoms with E-state index in [4.69, 9.17) is 22.4 Å². The third-order valence-electron chi connectivity index (χ3n) is 2.91. The minimum absolute atomic E-state index is 0.0808. The maximum atomic E-state index is 12.1. The van der Waals surface area contributed by atoms with Crippen molar-refractivity contribution < 1.29 is 14.7 Å². The first-order chi connectivity index (χ1) is 9.99. The average molecular weight is 305 g/mol. The monoisotopic (exact) mass is 304 g/mol. The summed E-state index contributed by atoms with van der Waals surface area (Å²) in [7, 11) is 0. The summed E-state index contributed by atoms with van der Waals surface area (Å²) < 4.78 is 0. The molecule has 2 aromatic carbocycles. The molecule has 0 heterocycles. The van der Waals surface area contributed by atoms with E-state index in [-0.39, 0.29) is 10.6 Å². The molecule has 0 aliphatic rings. The summed E-state index contributed by atoms with van der Waals surface area (Å²) in [5.41, 5.74) is 6.77. The molecule has 0 aliphatic heterocycles. The average Bonchev–Trinajstić information content (AvgIpc) is 2.49. The molecule has 108 valence electrons. The number of benzene rings is 2. The zero-order chi connectivity index (χ0) is 15.4. The molecule has 4 N–H and O–H groups in total. The fourth-order valence-corrected chi connectivity index (χ4v) is 2.00. The minimum Gasteiger partial charge on any atom is -0.478 e. The summed E-state index contributed by atoms with van der Waals surface area (Å²) in [6.07, 6.45) is 0. The quantitative estimate of drug-likeness (QED) is 0.809. The number of nitrogens with two attached hydrogens (primary N) is 1. The van der Waals surface area contributed by atoms with Gasteiger partial charge >= 0.3 is 5.97 Å². The van der Waals surface area contributed by atoms with E-state index in [1.54, 1.807) is 24.3 Å². The molecule has 0 aliphatic carbocycles. The Morgan fingerprint density at radius 3 is 2.43 bits per heavy atom. The second kappa shape index (κ2) is 6.39. The van der Waals surface area contributed by atoms with Crippen molar-refractivity contribution in [3.63, 3.8) is 0 Å². The molecular weight excluding hydrogens is 292 g/mol. The molecule has 1 unspecified atom stereocenters. The number of carboxylic acid groups (broad SMARTS) is 1. The topological polar surface area (TPSA) is 92.4 Å². The van der Waals surface area contributed by atoms with Gasteiger partial charge in [-0.05, 0) is 23.8 Å². The third kappa shape index (κ3) is 3.59. The van der Waals surface area contributed by atoms with E-state index in [9.17, 15) is 9.59 Å². The Labute approximate surface area is 126 Å². The van der Waals surface area contributed by atoms with Crippen molar-refractivity contribution in [2.75, 3.05) is 5.32 Å². The van der Waals surface area contributed by atoms with Crippen LogP contribution in [0.4, 0.5) is 5.69 Å². The molecule has 0 radical (unpaired) electrons. The van der Waals surface area contributed by atoms with Crippen LogP contribution in [0.2, 0.25) is 5.02 Å². The van der Waals surface area contributed by atoms with Crippen LogP contribution >= 0.6 is 11.6 Å². The van der Waals surface area contributed by atoms with Crippen molar-refractivity contribution in [3.8, 4) is 0 Å². The molecule has 21 heavy (non-hydrogen) atoms. The smallest absolute Gasteiger partial charge is 0.337 e. The lowest BCUT2D eigenvalue weighted by Crippen LogP contribution is -2.27. The molecule has 0 fully saturated rings. The lowest BCUT2D eigenvalue weighted by atomic mass is 10.1. The number of halogens is 1. The van der Waals surface area contributed by atoms with Gasteiger partial charge in [0.15, 0.2) is 0 Å². The fourth-order valence-electron chi connectivity index (χ4n) is 1.80. The van der Waals surface area contributed by atoms with Crippen LogP contribution in [-0.2, 0) is 4.79 Å². The van der Waals surface area contributed by atoms with Crippen LogP contribution in [0, 0.1) is 0 Å². The van der Waals surface area contributed by atoms with Gasteiger partial charge in [-0.15, -0.1) is 0 Å². The molecule has 1 atom stereocenters. The first kappa shape index (κ1) is 15.0. The molecule has 0 spiro atoms. The molecule has 5 nitrogen and oxygen atoms in total. The highest BCUT2D eigenvalue weighted by molar-refractivity contribution is 6.33. The molecule has 0 aromatic heterocycles. The maximum Gasteiger partial charge on any atom is 0.337 e. The minimum atomic E-state index is -1.16. The second-order valence-corrected chi connectivity index (χ2v) is 4.78. The largest absolute Gasteiger partial charge is 0.478 e. The number of rotatable bonds is 4. The van der Waals surface area contributed by atoms with Gasteiger partial charge in [-0.1, -0.05) is 41.9 Å². The molecule has 1 amide bonds. The van der Waals surface area contributed by atoms with E-state index in [0.717, 1.165) is 0 Å². The summed E-state index contributed by atoms with van der Waals surface area (Å²) in [6, 6.07) is 12.3. The highest BCUT2D eigenvalue weighted by atomic mass is 35.5. The molecule has 0 saturated carbocycles. The third-order valence-corrected chi connectivity index (χ3v) is 3.24. The van der Waals surface area contributed by atoms with Crippen LogP contribution in [0.25, 0.3) is 0 Å². The first-order valence-electron chi connectivity index (χ1n) is 6.13. The van der Waals surface area contributed by atoms with Crippen LogP contribution < -0.4 is 11.1 Å². The molecule has 2 rings (SSSR count). The fraction of sp³-hybridized carbons (Fsp3) is 0.0667. The predicted octanol–water partition coefficient (Wildman–Crippen LogP) is 2.68. The van der Waals surface area contributed by atoms with Gasteiger partial charge in [-0.3, -0.25) is 4.79 Å². The van der Waals surface area contributed by atoms with E-state index < -0.39 is 17.9 Å². The number of hydrogen-bond acceptors (Lipinski definition) is 3. The van der Waals surface area contributed by atoms with Gasteiger partial charge in [-0.2, -0.15) is 0 Å². The lowest BCUT2D eigenvalue weighted by Gasteiger charge is -2.13. The molecule has 0 saturated heterocycles. The predicted molar refractivity (Wildman–Crippen MR) is 80.4 cm³/mol. The number of hydrogen-bond donors (Lipinski definition) is 3. The van der Waals surface area contributed by atoms with Gasteiger partial charge in [0.2, 0.25) is 5.91 Å². The standard InChI is InChI=1S/C15H13ClN2O3/c16-12-7-6-10(8-11(12)15(20)21)18-14(19)13(17)9-4-2-1-3-5-9/h1-8,13H,17H2,(H,18,19)(H,20,21). The van der Waals surface area contributed by atoms with Crippen LogP contribution in [0.5, 0.6) is 0 Å². The summed E-state index contributed by atoms with van der Waals surface area (Å²) >= 11 is 5.77. The lowest BCUT2D eigenvalue weighted by molar-refractivity contribution is -0.117. The highest BCUT2D eigenvalue weighted by Crippen LogP contribution is 2.21. The van der Waals surface area contributed by atoms with Crippen molar-refractivity contribution in [3.05, 3.63) is 64.7 Å². The van der Waals surface area contributed by atoms with Gasteiger partial charge < -0.3 is 16.2 Å². The Kier molecular flexibility index (Phi) is 4.57. The Morgan fingerprint density at radius 1 is 1.14 bits per heavy atom. The summed E-state index contributed by atoms with van der Waals surface area (Å²) in [6.45, 7) is 0. The van der Waals surface area contributed by atoms with Crippen molar-refractivity contribution in [2.24, 2.45) is 5.73 Å².